The molecular weight excluding hydrogens is 346 g/mol. The Kier molecular flexibility index (Phi) is 5.42. The molecule has 0 bridgehead atoms. The Bertz CT molecular complexity index is 947. The number of fused-ring (bicyclic) bond motifs is 1. The number of carbonyl (C=O) groups is 2. The van der Waals surface area contributed by atoms with Gasteiger partial charge in [0.1, 0.15) is 0 Å². The molecule has 0 radical (unpaired) electrons. The first kappa shape index (κ1) is 18.2. The predicted octanol–water partition coefficient (Wildman–Crippen LogP) is 4.38. The molecule has 3 rings (SSSR count). The lowest BCUT2D eigenvalue weighted by atomic mass is 10.1. The molecule has 0 aliphatic rings. The van der Waals surface area contributed by atoms with Crippen LogP contribution in [0.3, 0.4) is 0 Å². The third kappa shape index (κ3) is 3.80. The van der Waals surface area contributed by atoms with Gasteiger partial charge in [-0.3, -0.25) is 9.59 Å². The van der Waals surface area contributed by atoms with E-state index < -0.39 is 0 Å². The van der Waals surface area contributed by atoms with E-state index in [0.717, 1.165) is 22.7 Å². The number of ketones is 1. The topological polar surface area (TPSA) is 64.0 Å². The highest BCUT2D eigenvalue weighted by Crippen LogP contribution is 2.29. The van der Waals surface area contributed by atoms with Gasteiger partial charge in [0.2, 0.25) is 5.91 Å². The van der Waals surface area contributed by atoms with E-state index in [-0.39, 0.29) is 16.9 Å². The lowest BCUT2D eigenvalue weighted by molar-refractivity contribution is -0.114. The monoisotopic (exact) mass is 367 g/mol. The van der Waals surface area contributed by atoms with Crippen molar-refractivity contribution in [1.29, 1.82) is 0 Å². The fraction of sp³-hybridized carbons (Fsp3) is 0.250. The summed E-state index contributed by atoms with van der Waals surface area (Å²) >= 11 is 1.47. The van der Waals surface area contributed by atoms with E-state index >= 15 is 0 Å². The number of amides is 1. The van der Waals surface area contributed by atoms with Crippen molar-refractivity contribution in [2.24, 2.45) is 0 Å². The third-order valence-electron chi connectivity index (χ3n) is 4.08. The largest absolute Gasteiger partial charge is 0.326 e. The fourth-order valence-corrected chi connectivity index (χ4v) is 3.88. The predicted molar refractivity (Wildman–Crippen MR) is 106 cm³/mol. The molecule has 26 heavy (non-hydrogen) atoms. The number of imidazole rings is 1. The van der Waals surface area contributed by atoms with Crippen molar-refractivity contribution in [3.05, 3.63) is 54.1 Å². The second-order valence-corrected chi connectivity index (χ2v) is 7.32. The molecule has 6 heteroatoms. The quantitative estimate of drug-likeness (QED) is 0.519. The number of carbonyl (C=O) groups excluding carboxylic acids is 2. The Morgan fingerprint density at radius 2 is 1.85 bits per heavy atom. The third-order valence-corrected chi connectivity index (χ3v) is 5.17. The highest BCUT2D eigenvalue weighted by Gasteiger charge is 2.20. The first-order valence-electron chi connectivity index (χ1n) is 8.53. The molecule has 3 aromatic rings. The zero-order valence-corrected chi connectivity index (χ0v) is 15.8. The Hall–Kier alpha value is -2.60. The molecule has 1 aromatic heterocycles. The summed E-state index contributed by atoms with van der Waals surface area (Å²) in [5, 5.41) is 3.29. The summed E-state index contributed by atoms with van der Waals surface area (Å²) in [7, 11) is 0. The summed E-state index contributed by atoms with van der Waals surface area (Å²) in [5.74, 6) is -0.0921. The van der Waals surface area contributed by atoms with Gasteiger partial charge in [0.15, 0.2) is 10.9 Å². The second kappa shape index (κ2) is 7.74. The van der Waals surface area contributed by atoms with Crippen molar-refractivity contribution in [3.8, 4) is 0 Å². The van der Waals surface area contributed by atoms with Gasteiger partial charge in [-0.15, -0.1) is 0 Å². The molecule has 0 aliphatic heterocycles. The first-order valence-corrected chi connectivity index (χ1v) is 9.41. The van der Waals surface area contributed by atoms with Crippen LogP contribution in [0, 0.1) is 0 Å². The summed E-state index contributed by atoms with van der Waals surface area (Å²) in [4.78, 5) is 28.5. The van der Waals surface area contributed by atoms with E-state index in [2.05, 4.69) is 21.8 Å². The zero-order valence-electron chi connectivity index (χ0n) is 15.0. The summed E-state index contributed by atoms with van der Waals surface area (Å²) in [6, 6.07) is 15.0. The maximum atomic E-state index is 12.8. The minimum absolute atomic E-state index is 0.0408. The van der Waals surface area contributed by atoms with Crippen LogP contribution in [0.5, 0.6) is 0 Å². The molecule has 1 atom stereocenters. The maximum absolute atomic E-state index is 12.8. The highest BCUT2D eigenvalue weighted by atomic mass is 32.2. The standard InChI is InChI=1S/C20H21N3O2S/c1-4-23-18-8-6-5-7-17(18)22-20(23)26-13(2)19(25)15-9-11-16(12-10-15)21-14(3)24/h5-13H,4H2,1-3H3,(H,21,24). The summed E-state index contributed by atoms with van der Waals surface area (Å²) in [6.45, 7) is 6.23. The highest BCUT2D eigenvalue weighted by molar-refractivity contribution is 8.00. The number of thioether (sulfide) groups is 1. The number of Topliss-reactive ketones (excluding diaryl/α,β-unsaturated/α-hetero) is 1. The molecular formula is C20H21N3O2S. The summed E-state index contributed by atoms with van der Waals surface area (Å²) < 4.78 is 2.13. The van der Waals surface area contributed by atoms with Crippen LogP contribution in [-0.2, 0) is 11.3 Å². The smallest absolute Gasteiger partial charge is 0.221 e. The lowest BCUT2D eigenvalue weighted by Crippen LogP contribution is -2.15. The number of aromatic nitrogens is 2. The van der Waals surface area contributed by atoms with E-state index in [1.165, 1.54) is 18.7 Å². The maximum Gasteiger partial charge on any atom is 0.221 e. The van der Waals surface area contributed by atoms with E-state index in [0.29, 0.717) is 11.3 Å². The second-order valence-electron chi connectivity index (χ2n) is 6.01. The number of rotatable bonds is 6. The first-order chi connectivity index (χ1) is 12.5. The molecule has 1 unspecified atom stereocenters. The van der Waals surface area contributed by atoms with Crippen LogP contribution in [0.25, 0.3) is 11.0 Å². The van der Waals surface area contributed by atoms with E-state index in [1.807, 2.05) is 31.2 Å². The van der Waals surface area contributed by atoms with Crippen LogP contribution in [0.1, 0.15) is 31.1 Å². The number of hydrogen-bond acceptors (Lipinski definition) is 4. The van der Waals surface area contributed by atoms with E-state index in [1.54, 1.807) is 24.3 Å². The van der Waals surface area contributed by atoms with Crippen LogP contribution in [0.4, 0.5) is 5.69 Å². The SMILES string of the molecule is CCn1c(SC(C)C(=O)c2ccc(NC(C)=O)cc2)nc2ccccc21. The van der Waals surface area contributed by atoms with Gasteiger partial charge < -0.3 is 9.88 Å². The molecule has 5 nitrogen and oxygen atoms in total. The van der Waals surface area contributed by atoms with Gasteiger partial charge in [-0.1, -0.05) is 23.9 Å². The Morgan fingerprint density at radius 1 is 1.15 bits per heavy atom. The van der Waals surface area contributed by atoms with Crippen molar-refractivity contribution in [1.82, 2.24) is 9.55 Å². The van der Waals surface area contributed by atoms with Crippen LogP contribution in [0.2, 0.25) is 0 Å². The lowest BCUT2D eigenvalue weighted by Gasteiger charge is -2.12. The van der Waals surface area contributed by atoms with Crippen LogP contribution >= 0.6 is 11.8 Å². The van der Waals surface area contributed by atoms with Crippen molar-refractivity contribution in [2.75, 3.05) is 5.32 Å². The molecule has 134 valence electrons. The van der Waals surface area contributed by atoms with Crippen LogP contribution in [0.15, 0.2) is 53.7 Å². The summed E-state index contributed by atoms with van der Waals surface area (Å²) in [6.07, 6.45) is 0. The molecule has 0 saturated carbocycles. The average molecular weight is 367 g/mol. The van der Waals surface area contributed by atoms with Gasteiger partial charge >= 0.3 is 0 Å². The van der Waals surface area contributed by atoms with E-state index in [9.17, 15) is 9.59 Å². The van der Waals surface area contributed by atoms with Gasteiger partial charge in [0.05, 0.1) is 16.3 Å². The molecule has 0 aliphatic carbocycles. The Morgan fingerprint density at radius 3 is 2.50 bits per heavy atom. The number of anilines is 1. The molecule has 0 fully saturated rings. The molecule has 0 saturated heterocycles. The van der Waals surface area contributed by atoms with Gasteiger partial charge in [-0.05, 0) is 50.2 Å². The van der Waals surface area contributed by atoms with E-state index in [4.69, 9.17) is 0 Å². The molecule has 2 aromatic carbocycles. The van der Waals surface area contributed by atoms with Crippen LogP contribution in [-0.4, -0.2) is 26.5 Å². The zero-order chi connectivity index (χ0) is 18.7. The normalized spacial score (nSPS) is 12.1. The molecule has 1 amide bonds. The van der Waals surface area contributed by atoms with Crippen LogP contribution < -0.4 is 5.32 Å². The Balaban J connectivity index is 1.78. The molecule has 1 N–H and O–H groups in total. The van der Waals surface area contributed by atoms with Crippen molar-refractivity contribution in [2.45, 2.75) is 37.7 Å². The Labute approximate surface area is 156 Å². The minimum atomic E-state index is -0.260. The van der Waals surface area contributed by atoms with Gasteiger partial charge in [-0.2, -0.15) is 0 Å². The summed E-state index contributed by atoms with van der Waals surface area (Å²) in [5.41, 5.74) is 3.33. The number of hydrogen-bond donors (Lipinski definition) is 1. The van der Waals surface area contributed by atoms with Crippen molar-refractivity contribution < 1.29 is 9.59 Å². The van der Waals surface area contributed by atoms with Gasteiger partial charge in [-0.25, -0.2) is 4.98 Å². The number of para-hydroxylation sites is 2. The fourth-order valence-electron chi connectivity index (χ4n) is 2.82. The van der Waals surface area contributed by atoms with Crippen molar-refractivity contribution in [3.63, 3.8) is 0 Å². The number of nitrogens with zero attached hydrogens (tertiary/aromatic N) is 2. The molecule has 1 heterocycles. The number of aryl methyl sites for hydroxylation is 1. The van der Waals surface area contributed by atoms with Crippen molar-refractivity contribution >= 4 is 40.2 Å². The minimum Gasteiger partial charge on any atom is -0.326 e. The average Bonchev–Trinajstić information content (AvgIpc) is 2.98. The van der Waals surface area contributed by atoms with Gasteiger partial charge in [0.25, 0.3) is 0 Å². The number of benzene rings is 2. The molecule has 0 spiro atoms. The number of nitrogens with one attached hydrogen (secondary N) is 1. The van der Waals surface area contributed by atoms with Gasteiger partial charge in [0, 0.05) is 24.7 Å².